The fraction of sp³-hybridized carbons (Fsp3) is 0.571. The number of sulfonamides is 1. The van der Waals surface area contributed by atoms with Gasteiger partial charge < -0.3 is 10.6 Å². The molecule has 1 aromatic rings. The van der Waals surface area contributed by atoms with Crippen LogP contribution in [0.1, 0.15) is 26.7 Å². The average molecular weight is 299 g/mol. The Kier molecular flexibility index (Phi) is 6.45. The van der Waals surface area contributed by atoms with Crippen molar-refractivity contribution in [3.63, 3.8) is 0 Å². The fourth-order valence-corrected chi connectivity index (χ4v) is 3.22. The minimum atomic E-state index is -3.46. The summed E-state index contributed by atoms with van der Waals surface area (Å²) < 4.78 is 27.2. The van der Waals surface area contributed by atoms with Crippen molar-refractivity contribution in [3.05, 3.63) is 24.3 Å². The zero-order chi connectivity index (χ0) is 15.2. The summed E-state index contributed by atoms with van der Waals surface area (Å²) in [6.45, 7) is 5.04. The summed E-state index contributed by atoms with van der Waals surface area (Å²) in [6, 6.07) is 7.14. The van der Waals surface area contributed by atoms with Crippen LogP contribution >= 0.6 is 0 Å². The molecule has 0 aliphatic carbocycles. The lowest BCUT2D eigenvalue weighted by Gasteiger charge is -2.23. The second-order valence-corrected chi connectivity index (χ2v) is 6.79. The van der Waals surface area contributed by atoms with Gasteiger partial charge in [0.15, 0.2) is 0 Å². The lowest BCUT2D eigenvalue weighted by Crippen LogP contribution is -2.29. The third kappa shape index (κ3) is 4.77. The fourth-order valence-electron chi connectivity index (χ4n) is 1.83. The van der Waals surface area contributed by atoms with E-state index in [0.717, 1.165) is 19.4 Å². The highest BCUT2D eigenvalue weighted by atomic mass is 32.2. The van der Waals surface area contributed by atoms with Crippen LogP contribution in [0.15, 0.2) is 29.2 Å². The number of para-hydroxylation sites is 1. The quantitative estimate of drug-likeness (QED) is 0.763. The van der Waals surface area contributed by atoms with Crippen molar-refractivity contribution in [2.24, 2.45) is 5.73 Å². The SMILES string of the molecule is CCCNS(=O)(=O)c1ccccc1N(C)CCC(C)N. The molecular formula is C14H25N3O2S. The molecule has 0 radical (unpaired) electrons. The van der Waals surface area contributed by atoms with Crippen LogP contribution in [0, 0.1) is 0 Å². The zero-order valence-electron chi connectivity index (χ0n) is 12.5. The molecule has 0 fully saturated rings. The predicted molar refractivity (Wildman–Crippen MR) is 83.5 cm³/mol. The molecule has 1 atom stereocenters. The van der Waals surface area contributed by atoms with Crippen LogP contribution < -0.4 is 15.4 Å². The van der Waals surface area contributed by atoms with Crippen LogP contribution in [0.2, 0.25) is 0 Å². The van der Waals surface area contributed by atoms with Crippen LogP contribution in [0.4, 0.5) is 5.69 Å². The Labute approximate surface area is 122 Å². The molecule has 0 spiro atoms. The molecule has 0 aliphatic heterocycles. The van der Waals surface area contributed by atoms with Crippen LogP contribution in [-0.4, -0.2) is 34.6 Å². The van der Waals surface area contributed by atoms with E-state index in [1.807, 2.05) is 37.9 Å². The standard InChI is InChI=1S/C14H25N3O2S/c1-4-10-16-20(18,19)14-8-6-5-7-13(14)17(3)11-9-12(2)15/h5-8,12,16H,4,9-11,15H2,1-3H3. The van der Waals surface area contributed by atoms with Gasteiger partial charge in [0.25, 0.3) is 0 Å². The first-order valence-electron chi connectivity index (χ1n) is 6.94. The van der Waals surface area contributed by atoms with Crippen molar-refractivity contribution in [1.82, 2.24) is 4.72 Å². The van der Waals surface area contributed by atoms with Gasteiger partial charge in [0.1, 0.15) is 4.90 Å². The maximum Gasteiger partial charge on any atom is 0.242 e. The highest BCUT2D eigenvalue weighted by molar-refractivity contribution is 7.89. The van der Waals surface area contributed by atoms with E-state index in [4.69, 9.17) is 5.73 Å². The van der Waals surface area contributed by atoms with Crippen molar-refractivity contribution in [1.29, 1.82) is 0 Å². The molecule has 0 heterocycles. The molecule has 5 nitrogen and oxygen atoms in total. The first kappa shape index (κ1) is 16.9. The Morgan fingerprint density at radius 3 is 2.60 bits per heavy atom. The number of benzene rings is 1. The first-order chi connectivity index (χ1) is 9.38. The third-order valence-corrected chi connectivity index (χ3v) is 4.54. The number of nitrogens with two attached hydrogens (primary N) is 1. The number of nitrogens with zero attached hydrogens (tertiary/aromatic N) is 1. The molecule has 0 bridgehead atoms. The van der Waals surface area contributed by atoms with E-state index in [1.54, 1.807) is 12.1 Å². The Balaban J connectivity index is 2.98. The molecule has 114 valence electrons. The molecule has 1 unspecified atom stereocenters. The minimum absolute atomic E-state index is 0.0967. The summed E-state index contributed by atoms with van der Waals surface area (Å²) in [5.74, 6) is 0. The molecule has 0 amide bonds. The summed E-state index contributed by atoms with van der Waals surface area (Å²) >= 11 is 0. The first-order valence-corrected chi connectivity index (χ1v) is 8.42. The van der Waals surface area contributed by atoms with E-state index in [0.29, 0.717) is 17.1 Å². The number of hydrogen-bond donors (Lipinski definition) is 2. The lowest BCUT2D eigenvalue weighted by molar-refractivity contribution is 0.580. The van der Waals surface area contributed by atoms with Crippen molar-refractivity contribution in [2.75, 3.05) is 25.0 Å². The van der Waals surface area contributed by atoms with E-state index in [1.165, 1.54) is 0 Å². The van der Waals surface area contributed by atoms with E-state index >= 15 is 0 Å². The molecule has 1 aromatic carbocycles. The van der Waals surface area contributed by atoms with E-state index in [9.17, 15) is 8.42 Å². The maximum absolute atomic E-state index is 12.3. The third-order valence-electron chi connectivity index (χ3n) is 3.03. The average Bonchev–Trinajstić information content (AvgIpc) is 2.42. The van der Waals surface area contributed by atoms with Crippen molar-refractivity contribution >= 4 is 15.7 Å². The molecular weight excluding hydrogens is 274 g/mol. The Morgan fingerprint density at radius 1 is 1.35 bits per heavy atom. The van der Waals surface area contributed by atoms with Gasteiger partial charge in [-0.2, -0.15) is 0 Å². The van der Waals surface area contributed by atoms with E-state index < -0.39 is 10.0 Å². The van der Waals surface area contributed by atoms with Gasteiger partial charge in [0.05, 0.1) is 5.69 Å². The number of nitrogens with one attached hydrogen (secondary N) is 1. The van der Waals surface area contributed by atoms with Gasteiger partial charge in [0.2, 0.25) is 10.0 Å². The largest absolute Gasteiger partial charge is 0.373 e. The Morgan fingerprint density at radius 2 is 2.00 bits per heavy atom. The van der Waals surface area contributed by atoms with Crippen LogP contribution in [-0.2, 0) is 10.0 Å². The molecule has 3 N–H and O–H groups in total. The van der Waals surface area contributed by atoms with Gasteiger partial charge in [-0.25, -0.2) is 13.1 Å². The van der Waals surface area contributed by atoms with Crippen LogP contribution in [0.3, 0.4) is 0 Å². The van der Waals surface area contributed by atoms with Crippen LogP contribution in [0.25, 0.3) is 0 Å². The molecule has 6 heteroatoms. The summed E-state index contributed by atoms with van der Waals surface area (Å²) in [6.07, 6.45) is 1.58. The normalized spacial score (nSPS) is 13.2. The van der Waals surface area contributed by atoms with Gasteiger partial charge in [-0.3, -0.25) is 0 Å². The van der Waals surface area contributed by atoms with Crippen molar-refractivity contribution in [2.45, 2.75) is 37.6 Å². The maximum atomic E-state index is 12.3. The van der Waals surface area contributed by atoms with Gasteiger partial charge in [0, 0.05) is 26.2 Å². The van der Waals surface area contributed by atoms with Gasteiger partial charge >= 0.3 is 0 Å². The summed E-state index contributed by atoms with van der Waals surface area (Å²) in [5.41, 5.74) is 6.46. The zero-order valence-corrected chi connectivity index (χ0v) is 13.3. The minimum Gasteiger partial charge on any atom is -0.373 e. The van der Waals surface area contributed by atoms with Gasteiger partial charge in [-0.1, -0.05) is 19.1 Å². The summed E-state index contributed by atoms with van der Waals surface area (Å²) in [4.78, 5) is 2.25. The van der Waals surface area contributed by atoms with Gasteiger partial charge in [-0.15, -0.1) is 0 Å². The molecule has 0 aliphatic rings. The number of rotatable bonds is 8. The predicted octanol–water partition coefficient (Wildman–Crippen LogP) is 1.55. The molecule has 0 saturated carbocycles. The summed E-state index contributed by atoms with van der Waals surface area (Å²) in [5, 5.41) is 0. The van der Waals surface area contributed by atoms with Crippen molar-refractivity contribution < 1.29 is 8.42 Å². The second kappa shape index (κ2) is 7.61. The molecule has 0 aromatic heterocycles. The monoisotopic (exact) mass is 299 g/mol. The highest BCUT2D eigenvalue weighted by Gasteiger charge is 2.19. The molecule has 0 saturated heterocycles. The Hall–Kier alpha value is -1.11. The van der Waals surface area contributed by atoms with Gasteiger partial charge in [-0.05, 0) is 31.9 Å². The topological polar surface area (TPSA) is 75.4 Å². The van der Waals surface area contributed by atoms with E-state index in [-0.39, 0.29) is 6.04 Å². The highest BCUT2D eigenvalue weighted by Crippen LogP contribution is 2.24. The second-order valence-electron chi connectivity index (χ2n) is 5.05. The lowest BCUT2D eigenvalue weighted by atomic mass is 10.2. The number of anilines is 1. The van der Waals surface area contributed by atoms with E-state index in [2.05, 4.69) is 4.72 Å². The van der Waals surface area contributed by atoms with Crippen LogP contribution in [0.5, 0.6) is 0 Å². The Bertz CT molecular complexity index is 515. The van der Waals surface area contributed by atoms with Crippen molar-refractivity contribution in [3.8, 4) is 0 Å². The summed E-state index contributed by atoms with van der Waals surface area (Å²) in [7, 11) is -1.57. The smallest absolute Gasteiger partial charge is 0.242 e. The number of hydrogen-bond acceptors (Lipinski definition) is 4. The molecule has 20 heavy (non-hydrogen) atoms. The molecule has 1 rings (SSSR count).